The molecule has 0 spiro atoms. The summed E-state index contributed by atoms with van der Waals surface area (Å²) in [5.74, 6) is 0.904. The number of rotatable bonds is 3. The Morgan fingerprint density at radius 3 is 2.50 bits per heavy atom. The van der Waals surface area contributed by atoms with Crippen molar-refractivity contribution in [2.45, 2.75) is 32.1 Å². The molecule has 0 unspecified atom stereocenters. The minimum atomic E-state index is -1.09. The largest absolute Gasteiger partial charge is 0.340 e. The van der Waals surface area contributed by atoms with Gasteiger partial charge in [-0.25, -0.2) is 4.98 Å². The molecule has 0 atom stereocenters. The van der Waals surface area contributed by atoms with Crippen molar-refractivity contribution in [2.24, 2.45) is 0 Å². The van der Waals surface area contributed by atoms with Gasteiger partial charge in [0.2, 0.25) is 0 Å². The van der Waals surface area contributed by atoms with Gasteiger partial charge in [0.05, 0.1) is 11.0 Å². The van der Waals surface area contributed by atoms with E-state index in [1.165, 1.54) is 0 Å². The van der Waals surface area contributed by atoms with Gasteiger partial charge < -0.3 is 9.17 Å². The number of fused-ring (bicyclic) bond motifs is 1. The molecule has 3 nitrogen and oxygen atoms in total. The first-order chi connectivity index (χ1) is 8.29. The van der Waals surface area contributed by atoms with Crippen LogP contribution in [0.3, 0.4) is 0 Å². The van der Waals surface area contributed by atoms with Gasteiger partial charge in [-0.1, -0.05) is 32.9 Å². The molecule has 0 fully saturated rings. The van der Waals surface area contributed by atoms with Crippen LogP contribution in [0.5, 0.6) is 0 Å². The average Bonchev–Trinajstić information content (AvgIpc) is 2.67. The normalized spacial score (nSPS) is 14.1. The molecule has 0 amide bonds. The van der Waals surface area contributed by atoms with E-state index in [0.29, 0.717) is 6.61 Å². The van der Waals surface area contributed by atoms with E-state index in [1.54, 1.807) is 0 Å². The zero-order valence-corrected chi connectivity index (χ0v) is 12.6. The number of H-pyrrole nitrogens is 1. The summed E-state index contributed by atoms with van der Waals surface area (Å²) in [6.07, 6.45) is 4.41. The Labute approximate surface area is 110 Å². The molecule has 0 saturated heterocycles. The molecule has 0 aliphatic rings. The lowest BCUT2D eigenvalue weighted by atomic mass is 10.3. The van der Waals surface area contributed by atoms with Crippen LogP contribution in [0, 0.1) is 0 Å². The van der Waals surface area contributed by atoms with Gasteiger partial charge in [-0.15, -0.1) is 10.3 Å². The Balaban J connectivity index is 2.11. The van der Waals surface area contributed by atoms with Gasteiger partial charge in [0.1, 0.15) is 12.4 Å². The molecule has 2 aromatic rings. The number of benzene rings is 1. The number of hydrogen-bond donors (Lipinski definition) is 1. The van der Waals surface area contributed by atoms with E-state index in [-0.39, 0.29) is 4.75 Å². The first kappa shape index (κ1) is 13.4. The second kappa shape index (κ2) is 4.59. The van der Waals surface area contributed by atoms with Crippen LogP contribution >= 0.6 is 10.3 Å². The Hall–Kier alpha value is -1.00. The van der Waals surface area contributed by atoms with Crippen molar-refractivity contribution in [3.8, 4) is 0 Å². The number of nitrogens with one attached hydrogen (secondary N) is 1. The van der Waals surface area contributed by atoms with E-state index >= 15 is 0 Å². The maximum Gasteiger partial charge on any atom is 0.134 e. The number of imidazole rings is 1. The predicted molar refractivity (Wildman–Crippen MR) is 80.1 cm³/mol. The maximum absolute atomic E-state index is 6.10. The molecule has 1 N–H and O–H groups in total. The highest BCUT2D eigenvalue weighted by molar-refractivity contribution is 8.29. The standard InChI is InChI=1S/C14H22N2OS/c1-14(2,3)18(4,5)17-10-13-15-11-8-6-7-9-12(11)16-13/h6-9H,10H2,1-5H3,(H,15,16). The Bertz CT molecular complexity index is 507. The molecule has 1 aromatic carbocycles. The lowest BCUT2D eigenvalue weighted by Gasteiger charge is -2.43. The van der Waals surface area contributed by atoms with E-state index < -0.39 is 10.3 Å². The molecule has 4 heteroatoms. The van der Waals surface area contributed by atoms with Crippen molar-refractivity contribution in [2.75, 3.05) is 12.5 Å². The number of hydrogen-bond acceptors (Lipinski definition) is 2. The lowest BCUT2D eigenvalue weighted by Crippen LogP contribution is -2.25. The monoisotopic (exact) mass is 266 g/mol. The van der Waals surface area contributed by atoms with Crippen LogP contribution in [-0.2, 0) is 10.8 Å². The maximum atomic E-state index is 6.10. The fraction of sp³-hybridized carbons (Fsp3) is 0.500. The van der Waals surface area contributed by atoms with Gasteiger partial charge in [0.15, 0.2) is 0 Å². The Morgan fingerprint density at radius 1 is 1.22 bits per heavy atom. The minimum Gasteiger partial charge on any atom is -0.340 e. The van der Waals surface area contributed by atoms with Crippen LogP contribution in [0.15, 0.2) is 24.3 Å². The van der Waals surface area contributed by atoms with Gasteiger partial charge in [-0.2, -0.15) is 0 Å². The quantitative estimate of drug-likeness (QED) is 0.916. The highest BCUT2D eigenvalue weighted by Crippen LogP contribution is 2.54. The van der Waals surface area contributed by atoms with Gasteiger partial charge in [0.25, 0.3) is 0 Å². The average molecular weight is 266 g/mol. The van der Waals surface area contributed by atoms with Crippen molar-refractivity contribution < 1.29 is 4.18 Å². The first-order valence-electron chi connectivity index (χ1n) is 6.10. The molecule has 0 bridgehead atoms. The van der Waals surface area contributed by atoms with E-state index in [0.717, 1.165) is 16.9 Å². The zero-order chi connectivity index (χ0) is 13.4. The summed E-state index contributed by atoms with van der Waals surface area (Å²) in [6, 6.07) is 8.05. The minimum absolute atomic E-state index is 0.180. The summed E-state index contributed by atoms with van der Waals surface area (Å²) in [5.41, 5.74) is 2.07. The van der Waals surface area contributed by atoms with Crippen LogP contribution < -0.4 is 0 Å². The Kier molecular flexibility index (Phi) is 3.43. The number of para-hydroxylation sites is 2. The summed E-state index contributed by atoms with van der Waals surface area (Å²) >= 11 is 0. The third-order valence-corrected chi connectivity index (χ3v) is 7.06. The van der Waals surface area contributed by atoms with Crippen LogP contribution in [0.4, 0.5) is 0 Å². The number of aromatic nitrogens is 2. The molecule has 0 aliphatic carbocycles. The van der Waals surface area contributed by atoms with Gasteiger partial charge in [0, 0.05) is 4.75 Å². The van der Waals surface area contributed by atoms with Crippen molar-refractivity contribution in [3.63, 3.8) is 0 Å². The fourth-order valence-corrected chi connectivity index (χ4v) is 2.21. The summed E-state index contributed by atoms with van der Waals surface area (Å²) < 4.78 is 6.28. The van der Waals surface area contributed by atoms with Crippen LogP contribution in [0.1, 0.15) is 26.6 Å². The fourth-order valence-electron chi connectivity index (χ4n) is 1.45. The lowest BCUT2D eigenvalue weighted by molar-refractivity contribution is 0.329. The third-order valence-electron chi connectivity index (χ3n) is 3.40. The number of aromatic amines is 1. The smallest absolute Gasteiger partial charge is 0.134 e. The molecule has 2 rings (SSSR count). The highest BCUT2D eigenvalue weighted by Gasteiger charge is 2.28. The summed E-state index contributed by atoms with van der Waals surface area (Å²) in [7, 11) is -1.09. The molecule has 0 radical (unpaired) electrons. The SMILES string of the molecule is CC(C)(C)S(C)(C)OCc1nc2ccccc2[nH]1. The summed E-state index contributed by atoms with van der Waals surface area (Å²) in [5, 5.41) is 0. The first-order valence-corrected chi connectivity index (χ1v) is 8.48. The van der Waals surface area contributed by atoms with E-state index in [9.17, 15) is 0 Å². The van der Waals surface area contributed by atoms with Crippen molar-refractivity contribution in [3.05, 3.63) is 30.1 Å². The van der Waals surface area contributed by atoms with Gasteiger partial charge >= 0.3 is 0 Å². The molecule has 0 aliphatic heterocycles. The molecule has 0 saturated carbocycles. The molecular formula is C14H22N2OS. The zero-order valence-electron chi connectivity index (χ0n) is 11.8. The van der Waals surface area contributed by atoms with Crippen molar-refractivity contribution in [1.29, 1.82) is 0 Å². The molecular weight excluding hydrogens is 244 g/mol. The van der Waals surface area contributed by atoms with Gasteiger partial charge in [-0.05, 0) is 24.6 Å². The van der Waals surface area contributed by atoms with E-state index in [2.05, 4.69) is 43.3 Å². The number of nitrogens with zero attached hydrogens (tertiary/aromatic N) is 1. The summed E-state index contributed by atoms with van der Waals surface area (Å²) in [4.78, 5) is 7.83. The van der Waals surface area contributed by atoms with Crippen LogP contribution in [0.25, 0.3) is 11.0 Å². The topological polar surface area (TPSA) is 37.9 Å². The van der Waals surface area contributed by atoms with E-state index in [4.69, 9.17) is 4.18 Å². The molecule has 18 heavy (non-hydrogen) atoms. The van der Waals surface area contributed by atoms with Crippen LogP contribution in [-0.4, -0.2) is 27.2 Å². The van der Waals surface area contributed by atoms with Crippen molar-refractivity contribution >= 4 is 21.3 Å². The summed E-state index contributed by atoms with van der Waals surface area (Å²) in [6.45, 7) is 7.22. The molecule has 100 valence electrons. The molecule has 1 heterocycles. The highest BCUT2D eigenvalue weighted by atomic mass is 32.3. The van der Waals surface area contributed by atoms with Crippen LogP contribution in [0.2, 0.25) is 0 Å². The predicted octanol–water partition coefficient (Wildman–Crippen LogP) is 3.86. The van der Waals surface area contributed by atoms with Gasteiger partial charge in [-0.3, -0.25) is 0 Å². The molecule has 1 aromatic heterocycles. The van der Waals surface area contributed by atoms with E-state index in [1.807, 2.05) is 24.3 Å². The Morgan fingerprint density at radius 2 is 1.89 bits per heavy atom. The van der Waals surface area contributed by atoms with Crippen molar-refractivity contribution in [1.82, 2.24) is 9.97 Å². The third kappa shape index (κ3) is 2.70. The second-order valence-corrected chi connectivity index (χ2v) is 9.74. The second-order valence-electron chi connectivity index (χ2n) is 5.81.